The Morgan fingerprint density at radius 2 is 1.81 bits per heavy atom. The van der Waals surface area contributed by atoms with Gasteiger partial charge in [-0.3, -0.25) is 4.79 Å². The second kappa shape index (κ2) is 7.37. The van der Waals surface area contributed by atoms with Gasteiger partial charge in [0.2, 0.25) is 11.8 Å². The minimum absolute atomic E-state index is 0.0187. The molecule has 4 aliphatic rings. The largest absolute Gasteiger partial charge is 0.336 e. The molecule has 3 saturated carbocycles. The average molecular weight is 369 g/mol. The van der Waals surface area contributed by atoms with Crippen LogP contribution in [0.4, 0.5) is 8.78 Å². The Balaban J connectivity index is 1.34. The monoisotopic (exact) mass is 368 g/mol. The van der Waals surface area contributed by atoms with Crippen LogP contribution in [0, 0.1) is 17.8 Å². The summed E-state index contributed by atoms with van der Waals surface area (Å²) in [6.07, 6.45) is 9.24. The molecule has 1 amide bonds. The Hall–Kier alpha value is -0.710. The molecule has 0 aromatic carbocycles. The van der Waals surface area contributed by atoms with Crippen LogP contribution in [0.5, 0.6) is 0 Å². The van der Waals surface area contributed by atoms with Crippen LogP contribution in [0.3, 0.4) is 0 Å². The number of halogens is 2. The van der Waals surface area contributed by atoms with Crippen molar-refractivity contribution in [3.05, 3.63) is 0 Å². The van der Waals surface area contributed by atoms with Crippen LogP contribution in [0.1, 0.15) is 77.6 Å². The summed E-state index contributed by atoms with van der Waals surface area (Å²) in [6.45, 7) is 3.22. The van der Waals surface area contributed by atoms with Crippen LogP contribution in [0.15, 0.2) is 0 Å². The molecular formula is C21H34F2N2O. The molecular weight excluding hydrogens is 334 g/mol. The molecule has 1 heterocycles. The molecule has 1 saturated heterocycles. The molecule has 3 nitrogen and oxygen atoms in total. The predicted molar refractivity (Wildman–Crippen MR) is 98.1 cm³/mol. The van der Waals surface area contributed by atoms with Crippen LogP contribution < -0.4 is 5.32 Å². The Kier molecular flexibility index (Phi) is 5.28. The normalized spacial score (nSPS) is 38.7. The molecule has 3 aliphatic carbocycles. The zero-order chi connectivity index (χ0) is 18.3. The predicted octanol–water partition coefficient (Wildman–Crippen LogP) is 4.36. The molecule has 5 heteroatoms. The molecule has 26 heavy (non-hydrogen) atoms. The third-order valence-corrected chi connectivity index (χ3v) is 7.77. The fourth-order valence-corrected chi connectivity index (χ4v) is 6.27. The molecule has 0 bridgehead atoms. The SMILES string of the molecule is C[C@H]1C[C@@H]2[C@@H](CC(=O)N2C2CCCCC2)[C@@H]1CNC1CCC(F)(F)CC1. The van der Waals surface area contributed by atoms with E-state index in [2.05, 4.69) is 17.1 Å². The summed E-state index contributed by atoms with van der Waals surface area (Å²) in [6, 6.07) is 1.14. The van der Waals surface area contributed by atoms with E-state index in [1.807, 2.05) is 0 Å². The lowest BCUT2D eigenvalue weighted by atomic mass is 9.87. The zero-order valence-corrected chi connectivity index (χ0v) is 16.1. The molecule has 0 aromatic heterocycles. The lowest BCUT2D eigenvalue weighted by molar-refractivity contribution is -0.132. The maximum atomic E-state index is 13.3. The standard InChI is InChI=1S/C21H34F2N2O/c1-14-11-19-17(12-20(26)25(19)16-5-3-2-4-6-16)18(14)13-24-15-7-9-21(22,23)10-8-15/h14-19,24H,2-13H2,1H3/t14-,17-,18+,19+/m0/s1. The van der Waals surface area contributed by atoms with Crippen molar-refractivity contribution in [3.63, 3.8) is 0 Å². The van der Waals surface area contributed by atoms with E-state index in [1.165, 1.54) is 32.1 Å². The van der Waals surface area contributed by atoms with E-state index in [0.29, 0.717) is 55.0 Å². The van der Waals surface area contributed by atoms with Crippen LogP contribution in [-0.2, 0) is 4.79 Å². The van der Waals surface area contributed by atoms with E-state index in [-0.39, 0.29) is 18.9 Å². The van der Waals surface area contributed by atoms with Crippen LogP contribution in [0.25, 0.3) is 0 Å². The first kappa shape index (κ1) is 18.6. The topological polar surface area (TPSA) is 32.3 Å². The lowest BCUT2D eigenvalue weighted by Crippen LogP contribution is -2.43. The molecule has 0 unspecified atom stereocenters. The summed E-state index contributed by atoms with van der Waals surface area (Å²) in [7, 11) is 0. The molecule has 4 atom stereocenters. The second-order valence-electron chi connectivity index (χ2n) is 9.44. The van der Waals surface area contributed by atoms with Gasteiger partial charge in [-0.15, -0.1) is 0 Å². The fourth-order valence-electron chi connectivity index (χ4n) is 6.27. The number of hydrogen-bond donors (Lipinski definition) is 1. The number of carbonyl (C=O) groups is 1. The van der Waals surface area contributed by atoms with Gasteiger partial charge in [0.1, 0.15) is 0 Å². The molecule has 1 N–H and O–H groups in total. The lowest BCUT2D eigenvalue weighted by Gasteiger charge is -2.35. The Morgan fingerprint density at radius 3 is 2.50 bits per heavy atom. The van der Waals surface area contributed by atoms with Gasteiger partial charge in [0.15, 0.2) is 0 Å². The smallest absolute Gasteiger partial charge is 0.248 e. The average Bonchev–Trinajstić information content (AvgIpc) is 3.08. The number of amides is 1. The van der Waals surface area contributed by atoms with Gasteiger partial charge in [-0.1, -0.05) is 26.2 Å². The van der Waals surface area contributed by atoms with Crippen molar-refractivity contribution in [2.75, 3.05) is 6.54 Å². The van der Waals surface area contributed by atoms with Gasteiger partial charge in [0.25, 0.3) is 0 Å². The number of nitrogens with zero attached hydrogens (tertiary/aromatic N) is 1. The summed E-state index contributed by atoms with van der Waals surface area (Å²) in [5.41, 5.74) is 0. The molecule has 4 rings (SSSR count). The quantitative estimate of drug-likeness (QED) is 0.800. The minimum Gasteiger partial charge on any atom is -0.336 e. The third-order valence-electron chi connectivity index (χ3n) is 7.77. The van der Waals surface area contributed by atoms with Gasteiger partial charge in [0, 0.05) is 37.4 Å². The molecule has 0 aromatic rings. The summed E-state index contributed by atoms with van der Waals surface area (Å²) >= 11 is 0. The Bertz CT molecular complexity index is 510. The van der Waals surface area contributed by atoms with E-state index in [1.54, 1.807) is 0 Å². The number of fused-ring (bicyclic) bond motifs is 1. The van der Waals surface area contributed by atoms with Crippen LogP contribution in [-0.4, -0.2) is 41.4 Å². The van der Waals surface area contributed by atoms with Crippen molar-refractivity contribution in [2.24, 2.45) is 17.8 Å². The van der Waals surface area contributed by atoms with E-state index < -0.39 is 5.92 Å². The van der Waals surface area contributed by atoms with Gasteiger partial charge >= 0.3 is 0 Å². The van der Waals surface area contributed by atoms with Crippen molar-refractivity contribution >= 4 is 5.91 Å². The summed E-state index contributed by atoms with van der Waals surface area (Å²) < 4.78 is 26.7. The first-order valence-electron chi connectivity index (χ1n) is 10.9. The molecule has 0 spiro atoms. The van der Waals surface area contributed by atoms with Gasteiger partial charge in [-0.05, 0) is 56.4 Å². The zero-order valence-electron chi connectivity index (χ0n) is 16.1. The summed E-state index contributed by atoms with van der Waals surface area (Å²) in [4.78, 5) is 15.0. The van der Waals surface area contributed by atoms with E-state index >= 15 is 0 Å². The second-order valence-corrected chi connectivity index (χ2v) is 9.44. The third kappa shape index (κ3) is 3.65. The van der Waals surface area contributed by atoms with E-state index in [9.17, 15) is 13.6 Å². The Labute approximate surface area is 156 Å². The van der Waals surface area contributed by atoms with Gasteiger partial charge < -0.3 is 10.2 Å². The maximum Gasteiger partial charge on any atom is 0.248 e. The van der Waals surface area contributed by atoms with Crippen LogP contribution >= 0.6 is 0 Å². The number of carbonyl (C=O) groups excluding carboxylic acids is 1. The van der Waals surface area contributed by atoms with E-state index in [4.69, 9.17) is 0 Å². The molecule has 0 radical (unpaired) electrons. The van der Waals surface area contributed by atoms with Gasteiger partial charge in [-0.2, -0.15) is 0 Å². The summed E-state index contributed by atoms with van der Waals surface area (Å²) in [5.74, 6) is -0.484. The van der Waals surface area contributed by atoms with Gasteiger partial charge in [-0.25, -0.2) is 8.78 Å². The molecule has 148 valence electrons. The number of likely N-dealkylation sites (tertiary alicyclic amines) is 1. The Morgan fingerprint density at radius 1 is 1.12 bits per heavy atom. The molecule has 1 aliphatic heterocycles. The molecule has 4 fully saturated rings. The van der Waals surface area contributed by atoms with Crippen molar-refractivity contribution in [2.45, 2.75) is 102 Å². The van der Waals surface area contributed by atoms with E-state index in [0.717, 1.165) is 13.0 Å². The van der Waals surface area contributed by atoms with Crippen LogP contribution in [0.2, 0.25) is 0 Å². The number of alkyl halides is 2. The highest BCUT2D eigenvalue weighted by Gasteiger charge is 2.52. The van der Waals surface area contributed by atoms with Crippen molar-refractivity contribution in [1.29, 1.82) is 0 Å². The minimum atomic E-state index is -2.46. The highest BCUT2D eigenvalue weighted by Crippen LogP contribution is 2.48. The first-order valence-corrected chi connectivity index (χ1v) is 10.9. The fraction of sp³-hybridized carbons (Fsp3) is 0.952. The van der Waals surface area contributed by atoms with Crippen molar-refractivity contribution < 1.29 is 13.6 Å². The number of rotatable bonds is 4. The highest BCUT2D eigenvalue weighted by molar-refractivity contribution is 5.80. The van der Waals surface area contributed by atoms with Crippen molar-refractivity contribution in [1.82, 2.24) is 10.2 Å². The first-order chi connectivity index (χ1) is 12.4. The van der Waals surface area contributed by atoms with Gasteiger partial charge in [0.05, 0.1) is 0 Å². The summed E-state index contributed by atoms with van der Waals surface area (Å²) in [5, 5.41) is 3.59. The number of hydrogen-bond acceptors (Lipinski definition) is 2. The maximum absolute atomic E-state index is 13.3. The highest BCUT2D eigenvalue weighted by atomic mass is 19.3. The van der Waals surface area contributed by atoms with Crippen molar-refractivity contribution in [3.8, 4) is 0 Å². The number of nitrogens with one attached hydrogen (secondary N) is 1.